The first-order valence-electron chi connectivity index (χ1n) is 7.72. The van der Waals surface area contributed by atoms with Crippen molar-refractivity contribution >= 4 is 17.8 Å². The number of nitrogens with zero attached hydrogens (tertiary/aromatic N) is 1. The number of ether oxygens (including phenoxy) is 2. The van der Waals surface area contributed by atoms with Crippen molar-refractivity contribution in [3.8, 4) is 11.5 Å². The van der Waals surface area contributed by atoms with Crippen molar-refractivity contribution in [3.63, 3.8) is 0 Å². The molecular formula is C16H19N3O5. The molecule has 2 heterocycles. The fourth-order valence-corrected chi connectivity index (χ4v) is 2.82. The van der Waals surface area contributed by atoms with E-state index < -0.39 is 11.9 Å². The predicted octanol–water partition coefficient (Wildman–Crippen LogP) is -0.0857. The van der Waals surface area contributed by atoms with Gasteiger partial charge in [0.25, 0.3) is 5.91 Å². The summed E-state index contributed by atoms with van der Waals surface area (Å²) in [5, 5.41) is 5.13. The Balaban J connectivity index is 1.51. The number of para-hydroxylation sites is 1. The van der Waals surface area contributed by atoms with Crippen LogP contribution in [0.1, 0.15) is 5.56 Å². The van der Waals surface area contributed by atoms with E-state index in [0.717, 1.165) is 22.6 Å². The van der Waals surface area contributed by atoms with Gasteiger partial charge in [-0.05, 0) is 18.1 Å². The monoisotopic (exact) mass is 333 g/mol. The summed E-state index contributed by atoms with van der Waals surface area (Å²) in [5.41, 5.74) is 1.04. The molecule has 24 heavy (non-hydrogen) atoms. The summed E-state index contributed by atoms with van der Waals surface area (Å²) in [7, 11) is 1.60. The molecule has 0 aliphatic carbocycles. The third kappa shape index (κ3) is 3.27. The smallest absolute Gasteiger partial charge is 0.325 e. The lowest BCUT2D eigenvalue weighted by atomic mass is 9.96. The topological polar surface area (TPSA) is 97.0 Å². The van der Waals surface area contributed by atoms with Crippen LogP contribution in [0.15, 0.2) is 18.2 Å². The summed E-state index contributed by atoms with van der Waals surface area (Å²) in [4.78, 5) is 35.7. The Kier molecular flexibility index (Phi) is 4.54. The number of methoxy groups -OCH3 is 1. The normalized spacial score (nSPS) is 19.4. The maximum atomic E-state index is 11.9. The zero-order valence-corrected chi connectivity index (χ0v) is 13.3. The van der Waals surface area contributed by atoms with E-state index in [1.54, 1.807) is 7.11 Å². The number of rotatable bonds is 5. The molecule has 4 amide bonds. The van der Waals surface area contributed by atoms with E-state index in [9.17, 15) is 14.4 Å². The molecular weight excluding hydrogens is 314 g/mol. The largest absolute Gasteiger partial charge is 0.493 e. The molecule has 0 bridgehead atoms. The van der Waals surface area contributed by atoms with Crippen LogP contribution in [-0.2, 0) is 16.0 Å². The molecule has 128 valence electrons. The van der Waals surface area contributed by atoms with Crippen molar-refractivity contribution in [1.82, 2.24) is 15.5 Å². The SMILES string of the molecule is COc1cccc2c1OC[C@H](CNC(=O)CN1C(=O)CNC1=O)C2. The molecule has 0 unspecified atom stereocenters. The Morgan fingerprint density at radius 2 is 2.29 bits per heavy atom. The lowest BCUT2D eigenvalue weighted by Crippen LogP contribution is -2.43. The van der Waals surface area contributed by atoms with Crippen LogP contribution in [0.25, 0.3) is 0 Å². The molecule has 2 N–H and O–H groups in total. The summed E-state index contributed by atoms with van der Waals surface area (Å²) in [6.07, 6.45) is 0.760. The second-order valence-corrected chi connectivity index (χ2v) is 5.77. The molecule has 2 aliphatic rings. The first-order valence-corrected chi connectivity index (χ1v) is 7.72. The molecule has 1 fully saturated rings. The molecule has 1 aromatic carbocycles. The molecule has 8 heteroatoms. The van der Waals surface area contributed by atoms with Crippen LogP contribution < -0.4 is 20.1 Å². The van der Waals surface area contributed by atoms with Gasteiger partial charge in [-0.1, -0.05) is 12.1 Å². The van der Waals surface area contributed by atoms with Crippen molar-refractivity contribution in [2.45, 2.75) is 6.42 Å². The third-order valence-corrected chi connectivity index (χ3v) is 4.08. The fourth-order valence-electron chi connectivity index (χ4n) is 2.82. The van der Waals surface area contributed by atoms with Crippen LogP contribution in [0.4, 0.5) is 4.79 Å². The van der Waals surface area contributed by atoms with E-state index in [2.05, 4.69) is 10.6 Å². The summed E-state index contributed by atoms with van der Waals surface area (Å²) < 4.78 is 11.0. The minimum atomic E-state index is -0.530. The van der Waals surface area contributed by atoms with Crippen molar-refractivity contribution < 1.29 is 23.9 Å². The Labute approximate surface area is 139 Å². The Morgan fingerprint density at radius 3 is 3.00 bits per heavy atom. The first kappa shape index (κ1) is 16.1. The second-order valence-electron chi connectivity index (χ2n) is 5.77. The number of hydrogen-bond acceptors (Lipinski definition) is 5. The van der Waals surface area contributed by atoms with E-state index in [0.29, 0.717) is 18.9 Å². The van der Waals surface area contributed by atoms with Gasteiger partial charge in [-0.15, -0.1) is 0 Å². The average molecular weight is 333 g/mol. The third-order valence-electron chi connectivity index (χ3n) is 4.08. The lowest BCUT2D eigenvalue weighted by molar-refractivity contribution is -0.130. The number of hydrogen-bond donors (Lipinski definition) is 2. The van der Waals surface area contributed by atoms with Gasteiger partial charge in [-0.3, -0.25) is 14.5 Å². The van der Waals surface area contributed by atoms with Crippen molar-refractivity contribution in [3.05, 3.63) is 23.8 Å². The molecule has 3 rings (SSSR count). The summed E-state index contributed by atoms with van der Waals surface area (Å²) in [6.45, 7) is 0.569. The van der Waals surface area contributed by atoms with E-state index >= 15 is 0 Å². The van der Waals surface area contributed by atoms with Crippen LogP contribution in [0.5, 0.6) is 11.5 Å². The highest BCUT2D eigenvalue weighted by atomic mass is 16.5. The molecule has 1 aromatic rings. The number of fused-ring (bicyclic) bond motifs is 1. The number of imide groups is 1. The average Bonchev–Trinajstić information content (AvgIpc) is 2.91. The zero-order valence-electron chi connectivity index (χ0n) is 13.3. The first-order chi connectivity index (χ1) is 11.6. The van der Waals surface area contributed by atoms with Gasteiger partial charge in [-0.2, -0.15) is 0 Å². The molecule has 0 aromatic heterocycles. The van der Waals surface area contributed by atoms with Crippen molar-refractivity contribution in [2.24, 2.45) is 5.92 Å². The maximum Gasteiger partial charge on any atom is 0.325 e. The highest BCUT2D eigenvalue weighted by Crippen LogP contribution is 2.35. The summed E-state index contributed by atoms with van der Waals surface area (Å²) in [5.74, 6) is 0.820. The van der Waals surface area contributed by atoms with Gasteiger partial charge in [0.2, 0.25) is 5.91 Å². The highest BCUT2D eigenvalue weighted by molar-refractivity contribution is 6.04. The zero-order chi connectivity index (χ0) is 17.1. The standard InChI is InChI=1S/C16H19N3O5/c1-23-12-4-2-3-11-5-10(9-24-15(11)12)6-17-13(20)8-19-14(21)7-18-16(19)22/h2-4,10H,5-9H2,1H3,(H,17,20)(H,18,22)/t10-/m0/s1. The van der Waals surface area contributed by atoms with Gasteiger partial charge >= 0.3 is 6.03 Å². The van der Waals surface area contributed by atoms with Crippen LogP contribution in [0.3, 0.4) is 0 Å². The van der Waals surface area contributed by atoms with E-state index in [4.69, 9.17) is 9.47 Å². The van der Waals surface area contributed by atoms with Crippen LogP contribution in [-0.4, -0.2) is 56.1 Å². The van der Waals surface area contributed by atoms with E-state index in [1.807, 2.05) is 18.2 Å². The number of benzene rings is 1. The molecule has 1 saturated heterocycles. The second kappa shape index (κ2) is 6.77. The van der Waals surface area contributed by atoms with E-state index in [-0.39, 0.29) is 24.9 Å². The van der Waals surface area contributed by atoms with Crippen LogP contribution >= 0.6 is 0 Å². The molecule has 1 atom stereocenters. The van der Waals surface area contributed by atoms with Crippen molar-refractivity contribution in [1.29, 1.82) is 0 Å². The molecule has 0 radical (unpaired) electrons. The Hall–Kier alpha value is -2.77. The predicted molar refractivity (Wildman–Crippen MR) is 83.8 cm³/mol. The Bertz CT molecular complexity index is 660. The summed E-state index contributed by atoms with van der Waals surface area (Å²) in [6, 6.07) is 5.19. The van der Waals surface area contributed by atoms with Gasteiger partial charge in [-0.25, -0.2) is 4.79 Å². The van der Waals surface area contributed by atoms with Crippen LogP contribution in [0.2, 0.25) is 0 Å². The van der Waals surface area contributed by atoms with Gasteiger partial charge in [0, 0.05) is 12.5 Å². The van der Waals surface area contributed by atoms with Crippen molar-refractivity contribution in [2.75, 3.05) is 33.4 Å². The Morgan fingerprint density at radius 1 is 1.46 bits per heavy atom. The number of nitrogens with one attached hydrogen (secondary N) is 2. The number of amides is 4. The number of urea groups is 1. The van der Waals surface area contributed by atoms with Gasteiger partial charge in [0.05, 0.1) is 20.3 Å². The minimum absolute atomic E-state index is 0.0544. The maximum absolute atomic E-state index is 11.9. The molecule has 0 saturated carbocycles. The molecule has 8 nitrogen and oxygen atoms in total. The van der Waals surface area contributed by atoms with E-state index in [1.165, 1.54) is 0 Å². The molecule has 2 aliphatic heterocycles. The van der Waals surface area contributed by atoms with Gasteiger partial charge < -0.3 is 20.1 Å². The van der Waals surface area contributed by atoms with Gasteiger partial charge in [0.15, 0.2) is 11.5 Å². The minimum Gasteiger partial charge on any atom is -0.493 e. The molecule has 0 spiro atoms. The number of carbonyl (C=O) groups is 3. The highest BCUT2D eigenvalue weighted by Gasteiger charge is 2.30. The summed E-state index contributed by atoms with van der Waals surface area (Å²) >= 11 is 0. The number of carbonyl (C=O) groups excluding carboxylic acids is 3. The lowest BCUT2D eigenvalue weighted by Gasteiger charge is -2.26. The van der Waals surface area contributed by atoms with Crippen LogP contribution in [0, 0.1) is 5.92 Å². The quantitative estimate of drug-likeness (QED) is 0.734. The van der Waals surface area contributed by atoms with Gasteiger partial charge in [0.1, 0.15) is 6.54 Å². The fraction of sp³-hybridized carbons (Fsp3) is 0.438.